The SMILES string of the molecule is CCOC(=O)CC1=CC1. The van der Waals surface area contributed by atoms with Crippen molar-refractivity contribution in [2.24, 2.45) is 0 Å². The minimum atomic E-state index is -0.0961. The summed E-state index contributed by atoms with van der Waals surface area (Å²) in [7, 11) is 0. The highest BCUT2D eigenvalue weighted by Gasteiger charge is 2.12. The molecule has 0 fully saturated rings. The molecular formula is C7H10O2. The molecular weight excluding hydrogens is 116 g/mol. The lowest BCUT2D eigenvalue weighted by atomic mass is 10.3. The molecule has 50 valence electrons. The average molecular weight is 126 g/mol. The van der Waals surface area contributed by atoms with Gasteiger partial charge in [0.15, 0.2) is 0 Å². The summed E-state index contributed by atoms with van der Waals surface area (Å²) in [5.41, 5.74) is 1.22. The van der Waals surface area contributed by atoms with Gasteiger partial charge in [-0.2, -0.15) is 0 Å². The van der Waals surface area contributed by atoms with Crippen molar-refractivity contribution in [2.45, 2.75) is 19.8 Å². The maximum absolute atomic E-state index is 10.6. The number of allylic oxidation sites excluding steroid dienone is 1. The van der Waals surface area contributed by atoms with E-state index in [9.17, 15) is 4.79 Å². The van der Waals surface area contributed by atoms with Crippen LogP contribution < -0.4 is 0 Å². The van der Waals surface area contributed by atoms with E-state index < -0.39 is 0 Å². The van der Waals surface area contributed by atoms with Gasteiger partial charge in [0.05, 0.1) is 13.0 Å². The van der Waals surface area contributed by atoms with E-state index in [4.69, 9.17) is 4.74 Å². The maximum Gasteiger partial charge on any atom is 0.309 e. The fourth-order valence-corrected chi connectivity index (χ4v) is 0.614. The maximum atomic E-state index is 10.6. The van der Waals surface area contributed by atoms with Gasteiger partial charge in [-0.05, 0) is 13.3 Å². The van der Waals surface area contributed by atoms with Gasteiger partial charge in [0.25, 0.3) is 0 Å². The first kappa shape index (κ1) is 6.33. The summed E-state index contributed by atoms with van der Waals surface area (Å²) in [6.07, 6.45) is 3.56. The summed E-state index contributed by atoms with van der Waals surface area (Å²) in [5.74, 6) is -0.0961. The molecule has 0 amide bonds. The highest BCUT2D eigenvalue weighted by molar-refractivity contribution is 5.73. The van der Waals surface area contributed by atoms with Crippen LogP contribution in [0.25, 0.3) is 0 Å². The molecule has 0 aromatic heterocycles. The molecule has 0 radical (unpaired) electrons. The van der Waals surface area contributed by atoms with Crippen molar-refractivity contribution in [3.05, 3.63) is 11.6 Å². The minimum absolute atomic E-state index is 0.0961. The Morgan fingerprint density at radius 3 is 3.00 bits per heavy atom. The smallest absolute Gasteiger partial charge is 0.309 e. The van der Waals surface area contributed by atoms with Crippen LogP contribution in [0.1, 0.15) is 19.8 Å². The van der Waals surface area contributed by atoms with E-state index in [0.29, 0.717) is 13.0 Å². The average Bonchev–Trinajstić information content (AvgIpc) is 2.50. The molecule has 1 rings (SSSR count). The van der Waals surface area contributed by atoms with Crippen LogP contribution >= 0.6 is 0 Å². The number of carbonyl (C=O) groups is 1. The van der Waals surface area contributed by atoms with Crippen LogP contribution in [0, 0.1) is 0 Å². The Hall–Kier alpha value is -0.790. The van der Waals surface area contributed by atoms with Crippen molar-refractivity contribution in [3.63, 3.8) is 0 Å². The Morgan fingerprint density at radius 1 is 1.89 bits per heavy atom. The molecule has 0 heterocycles. The van der Waals surface area contributed by atoms with E-state index in [2.05, 4.69) is 0 Å². The topological polar surface area (TPSA) is 26.3 Å². The van der Waals surface area contributed by atoms with Gasteiger partial charge < -0.3 is 4.74 Å². The van der Waals surface area contributed by atoms with Gasteiger partial charge in [0.2, 0.25) is 0 Å². The third kappa shape index (κ3) is 2.31. The molecule has 0 saturated heterocycles. The number of rotatable bonds is 3. The van der Waals surface area contributed by atoms with E-state index in [-0.39, 0.29) is 5.97 Å². The lowest BCUT2D eigenvalue weighted by molar-refractivity contribution is -0.142. The van der Waals surface area contributed by atoms with Crippen LogP contribution in [0.15, 0.2) is 11.6 Å². The molecule has 0 aliphatic heterocycles. The van der Waals surface area contributed by atoms with E-state index in [1.807, 2.05) is 13.0 Å². The third-order valence-electron chi connectivity index (χ3n) is 1.17. The summed E-state index contributed by atoms with van der Waals surface area (Å²) >= 11 is 0. The fourth-order valence-electron chi connectivity index (χ4n) is 0.614. The predicted octanol–water partition coefficient (Wildman–Crippen LogP) is 1.27. The van der Waals surface area contributed by atoms with Crippen LogP contribution in [-0.2, 0) is 9.53 Å². The Labute approximate surface area is 54.5 Å². The Morgan fingerprint density at radius 2 is 2.56 bits per heavy atom. The molecule has 0 spiro atoms. The fraction of sp³-hybridized carbons (Fsp3) is 0.571. The van der Waals surface area contributed by atoms with E-state index in [1.54, 1.807) is 0 Å². The van der Waals surface area contributed by atoms with E-state index in [1.165, 1.54) is 5.57 Å². The van der Waals surface area contributed by atoms with E-state index in [0.717, 1.165) is 6.42 Å². The quantitative estimate of drug-likeness (QED) is 0.420. The standard InChI is InChI=1S/C7H10O2/c1-2-9-7(8)5-6-3-4-6/h3H,2,4-5H2,1H3. The number of ether oxygens (including phenoxy) is 1. The molecule has 0 N–H and O–H groups in total. The summed E-state index contributed by atoms with van der Waals surface area (Å²) in [4.78, 5) is 10.6. The first-order valence-corrected chi connectivity index (χ1v) is 3.16. The summed E-state index contributed by atoms with van der Waals surface area (Å²) < 4.78 is 4.71. The van der Waals surface area contributed by atoms with Crippen molar-refractivity contribution in [3.8, 4) is 0 Å². The number of esters is 1. The number of hydrogen-bond donors (Lipinski definition) is 0. The largest absolute Gasteiger partial charge is 0.466 e. The zero-order valence-electron chi connectivity index (χ0n) is 5.52. The Balaban J connectivity index is 2.10. The van der Waals surface area contributed by atoms with Crippen molar-refractivity contribution in [1.29, 1.82) is 0 Å². The van der Waals surface area contributed by atoms with Crippen molar-refractivity contribution >= 4 is 5.97 Å². The summed E-state index contributed by atoms with van der Waals surface area (Å²) in [5, 5.41) is 0. The molecule has 0 aromatic rings. The lowest BCUT2D eigenvalue weighted by Gasteiger charge is -1.96. The molecule has 0 atom stereocenters. The lowest BCUT2D eigenvalue weighted by Crippen LogP contribution is -2.01. The second kappa shape index (κ2) is 2.67. The zero-order valence-corrected chi connectivity index (χ0v) is 5.52. The second-order valence-electron chi connectivity index (χ2n) is 2.05. The van der Waals surface area contributed by atoms with Crippen molar-refractivity contribution in [2.75, 3.05) is 6.61 Å². The molecule has 1 aliphatic carbocycles. The van der Waals surface area contributed by atoms with Gasteiger partial charge in [-0.3, -0.25) is 4.79 Å². The molecule has 2 nitrogen and oxygen atoms in total. The first-order chi connectivity index (χ1) is 4.33. The van der Waals surface area contributed by atoms with Gasteiger partial charge >= 0.3 is 5.97 Å². The van der Waals surface area contributed by atoms with Gasteiger partial charge in [0.1, 0.15) is 0 Å². The van der Waals surface area contributed by atoms with E-state index >= 15 is 0 Å². The van der Waals surface area contributed by atoms with Crippen LogP contribution in [0.5, 0.6) is 0 Å². The molecule has 0 saturated carbocycles. The second-order valence-corrected chi connectivity index (χ2v) is 2.05. The normalized spacial score (nSPS) is 14.6. The van der Waals surface area contributed by atoms with Crippen LogP contribution in [0.2, 0.25) is 0 Å². The summed E-state index contributed by atoms with van der Waals surface area (Å²) in [6, 6.07) is 0. The van der Waals surface area contributed by atoms with Crippen molar-refractivity contribution in [1.82, 2.24) is 0 Å². The monoisotopic (exact) mass is 126 g/mol. The van der Waals surface area contributed by atoms with Gasteiger partial charge in [-0.1, -0.05) is 11.6 Å². The molecule has 2 heteroatoms. The van der Waals surface area contributed by atoms with Crippen LogP contribution in [0.3, 0.4) is 0 Å². The third-order valence-corrected chi connectivity index (χ3v) is 1.17. The molecule has 1 aliphatic rings. The van der Waals surface area contributed by atoms with Crippen molar-refractivity contribution < 1.29 is 9.53 Å². The van der Waals surface area contributed by atoms with Gasteiger partial charge in [-0.25, -0.2) is 0 Å². The molecule has 0 bridgehead atoms. The number of hydrogen-bond acceptors (Lipinski definition) is 2. The van der Waals surface area contributed by atoms with Crippen LogP contribution in [-0.4, -0.2) is 12.6 Å². The molecule has 9 heavy (non-hydrogen) atoms. The number of carbonyl (C=O) groups excluding carboxylic acids is 1. The summed E-state index contributed by atoms with van der Waals surface area (Å²) in [6.45, 7) is 2.31. The Bertz CT molecular complexity index is 147. The zero-order chi connectivity index (χ0) is 6.69. The predicted molar refractivity (Wildman–Crippen MR) is 33.9 cm³/mol. The van der Waals surface area contributed by atoms with Gasteiger partial charge in [0, 0.05) is 0 Å². The van der Waals surface area contributed by atoms with Gasteiger partial charge in [-0.15, -0.1) is 0 Å². The minimum Gasteiger partial charge on any atom is -0.466 e. The molecule has 0 aromatic carbocycles. The molecule has 0 unspecified atom stereocenters. The highest BCUT2D eigenvalue weighted by atomic mass is 16.5. The Kier molecular flexibility index (Phi) is 1.88. The van der Waals surface area contributed by atoms with Crippen LogP contribution in [0.4, 0.5) is 0 Å². The first-order valence-electron chi connectivity index (χ1n) is 3.16. The highest BCUT2D eigenvalue weighted by Crippen LogP contribution is 2.22.